The number of hydrogen-bond acceptors (Lipinski definition) is 2. The molecule has 102 valence electrons. The van der Waals surface area contributed by atoms with E-state index in [-0.39, 0.29) is 11.9 Å². The maximum atomic E-state index is 13.1. The average Bonchev–Trinajstić information content (AvgIpc) is 2.33. The van der Waals surface area contributed by atoms with Gasteiger partial charge in [0.2, 0.25) is 0 Å². The van der Waals surface area contributed by atoms with Gasteiger partial charge in [-0.25, -0.2) is 4.39 Å². The number of nitrogens with two attached hydrogens (primary N) is 1. The Labute approximate surface area is 110 Å². The van der Waals surface area contributed by atoms with Crippen molar-refractivity contribution in [1.29, 1.82) is 0 Å². The van der Waals surface area contributed by atoms with Gasteiger partial charge in [-0.2, -0.15) is 0 Å². The molecule has 1 atom stereocenters. The average molecular weight is 252 g/mol. The third kappa shape index (κ3) is 4.75. The van der Waals surface area contributed by atoms with E-state index in [0.717, 1.165) is 31.5 Å². The molecule has 0 bridgehead atoms. The Morgan fingerprint density at radius 1 is 1.28 bits per heavy atom. The standard InChI is InChI=1S/C15H25FN2/c1-4-9-18(12(2)3)10-8-15(17)13-6-5-7-14(16)11-13/h5-7,11-12,15H,4,8-10,17H2,1-3H3. The molecule has 0 saturated heterocycles. The molecule has 1 rings (SSSR count). The monoisotopic (exact) mass is 252 g/mol. The van der Waals surface area contributed by atoms with Gasteiger partial charge in [-0.15, -0.1) is 0 Å². The summed E-state index contributed by atoms with van der Waals surface area (Å²) in [6.07, 6.45) is 2.01. The normalized spacial score (nSPS) is 13.3. The van der Waals surface area contributed by atoms with Crippen molar-refractivity contribution in [3.05, 3.63) is 35.6 Å². The lowest BCUT2D eigenvalue weighted by molar-refractivity contribution is 0.214. The molecular formula is C15H25FN2. The van der Waals surface area contributed by atoms with Gasteiger partial charge in [-0.3, -0.25) is 0 Å². The molecular weight excluding hydrogens is 227 g/mol. The summed E-state index contributed by atoms with van der Waals surface area (Å²) in [5.74, 6) is -0.211. The van der Waals surface area contributed by atoms with Gasteiger partial charge in [-0.05, 0) is 50.9 Å². The van der Waals surface area contributed by atoms with E-state index in [2.05, 4.69) is 25.7 Å². The molecule has 0 amide bonds. The van der Waals surface area contributed by atoms with Crippen LogP contribution in [0.25, 0.3) is 0 Å². The Kier molecular flexibility index (Phi) is 6.30. The summed E-state index contributed by atoms with van der Waals surface area (Å²) in [6, 6.07) is 7.05. The van der Waals surface area contributed by atoms with Crippen molar-refractivity contribution in [3.8, 4) is 0 Å². The fourth-order valence-corrected chi connectivity index (χ4v) is 2.12. The Morgan fingerprint density at radius 3 is 2.56 bits per heavy atom. The van der Waals surface area contributed by atoms with Crippen LogP contribution >= 0.6 is 0 Å². The molecule has 0 radical (unpaired) electrons. The SMILES string of the molecule is CCCN(CCC(N)c1cccc(F)c1)C(C)C. The minimum absolute atomic E-state index is 0.0844. The van der Waals surface area contributed by atoms with Crippen LogP contribution in [0.1, 0.15) is 45.2 Å². The van der Waals surface area contributed by atoms with E-state index in [4.69, 9.17) is 5.73 Å². The smallest absolute Gasteiger partial charge is 0.123 e. The van der Waals surface area contributed by atoms with Crippen molar-refractivity contribution >= 4 is 0 Å². The topological polar surface area (TPSA) is 29.3 Å². The molecule has 0 aliphatic carbocycles. The molecule has 1 aromatic rings. The van der Waals surface area contributed by atoms with Crippen molar-refractivity contribution in [2.75, 3.05) is 13.1 Å². The highest BCUT2D eigenvalue weighted by Gasteiger charge is 2.12. The number of hydrogen-bond donors (Lipinski definition) is 1. The predicted molar refractivity (Wildman–Crippen MR) is 74.9 cm³/mol. The van der Waals surface area contributed by atoms with E-state index in [1.165, 1.54) is 12.1 Å². The number of nitrogens with zero attached hydrogens (tertiary/aromatic N) is 1. The molecule has 2 nitrogen and oxygen atoms in total. The van der Waals surface area contributed by atoms with Crippen LogP contribution in [0.4, 0.5) is 4.39 Å². The van der Waals surface area contributed by atoms with Crippen LogP contribution in [0.2, 0.25) is 0 Å². The van der Waals surface area contributed by atoms with Gasteiger partial charge in [0.1, 0.15) is 5.82 Å². The molecule has 0 aliphatic heterocycles. The van der Waals surface area contributed by atoms with Gasteiger partial charge in [0, 0.05) is 18.6 Å². The van der Waals surface area contributed by atoms with Gasteiger partial charge >= 0.3 is 0 Å². The third-order valence-corrected chi connectivity index (χ3v) is 3.25. The first-order valence-electron chi connectivity index (χ1n) is 6.79. The van der Waals surface area contributed by atoms with Crippen LogP contribution in [0.15, 0.2) is 24.3 Å². The van der Waals surface area contributed by atoms with Crippen LogP contribution in [0.3, 0.4) is 0 Å². The molecule has 0 saturated carbocycles. The Hall–Kier alpha value is -0.930. The summed E-state index contributed by atoms with van der Waals surface area (Å²) < 4.78 is 13.1. The highest BCUT2D eigenvalue weighted by molar-refractivity contribution is 5.19. The van der Waals surface area contributed by atoms with Gasteiger partial charge < -0.3 is 10.6 Å². The highest BCUT2D eigenvalue weighted by atomic mass is 19.1. The Morgan fingerprint density at radius 2 is 2.00 bits per heavy atom. The second-order valence-corrected chi connectivity index (χ2v) is 5.08. The first-order chi connectivity index (χ1) is 8.54. The van der Waals surface area contributed by atoms with Crippen LogP contribution in [-0.4, -0.2) is 24.0 Å². The molecule has 1 unspecified atom stereocenters. The van der Waals surface area contributed by atoms with Crippen molar-refractivity contribution in [2.24, 2.45) is 5.73 Å². The first kappa shape index (κ1) is 15.1. The minimum atomic E-state index is -0.211. The van der Waals surface area contributed by atoms with Crippen molar-refractivity contribution in [1.82, 2.24) is 4.90 Å². The fraction of sp³-hybridized carbons (Fsp3) is 0.600. The Bertz CT molecular complexity index is 352. The molecule has 2 N–H and O–H groups in total. The zero-order valence-corrected chi connectivity index (χ0v) is 11.7. The summed E-state index contributed by atoms with van der Waals surface area (Å²) in [5, 5.41) is 0. The summed E-state index contributed by atoms with van der Waals surface area (Å²) in [6.45, 7) is 8.63. The molecule has 0 spiro atoms. The molecule has 0 heterocycles. The van der Waals surface area contributed by atoms with Crippen LogP contribution in [0.5, 0.6) is 0 Å². The molecule has 0 fully saturated rings. The van der Waals surface area contributed by atoms with Crippen molar-refractivity contribution in [2.45, 2.75) is 45.7 Å². The lowest BCUT2D eigenvalue weighted by Gasteiger charge is -2.27. The third-order valence-electron chi connectivity index (χ3n) is 3.25. The van der Waals surface area contributed by atoms with Gasteiger partial charge in [0.25, 0.3) is 0 Å². The second kappa shape index (κ2) is 7.49. The number of halogens is 1. The van der Waals surface area contributed by atoms with Gasteiger partial charge in [0.15, 0.2) is 0 Å². The number of benzene rings is 1. The number of rotatable bonds is 7. The quantitative estimate of drug-likeness (QED) is 0.806. The minimum Gasteiger partial charge on any atom is -0.324 e. The van der Waals surface area contributed by atoms with Crippen LogP contribution in [0, 0.1) is 5.82 Å². The maximum absolute atomic E-state index is 13.1. The predicted octanol–water partition coefficient (Wildman–Crippen LogP) is 3.34. The van der Waals surface area contributed by atoms with E-state index >= 15 is 0 Å². The van der Waals surface area contributed by atoms with Gasteiger partial charge in [-0.1, -0.05) is 19.1 Å². The summed E-state index contributed by atoms with van der Waals surface area (Å²) in [4.78, 5) is 2.42. The van der Waals surface area contributed by atoms with E-state index < -0.39 is 0 Å². The summed E-state index contributed by atoms with van der Waals surface area (Å²) in [5.41, 5.74) is 7.00. The molecule has 3 heteroatoms. The first-order valence-corrected chi connectivity index (χ1v) is 6.79. The lowest BCUT2D eigenvalue weighted by Crippen LogP contribution is -2.34. The van der Waals surface area contributed by atoms with E-state index in [9.17, 15) is 4.39 Å². The van der Waals surface area contributed by atoms with Crippen LogP contribution in [-0.2, 0) is 0 Å². The van der Waals surface area contributed by atoms with Crippen molar-refractivity contribution in [3.63, 3.8) is 0 Å². The van der Waals surface area contributed by atoms with E-state index in [1.54, 1.807) is 6.07 Å². The maximum Gasteiger partial charge on any atom is 0.123 e. The summed E-state index contributed by atoms with van der Waals surface area (Å²) >= 11 is 0. The largest absolute Gasteiger partial charge is 0.324 e. The van der Waals surface area contributed by atoms with Crippen LogP contribution < -0.4 is 5.73 Å². The molecule has 1 aromatic carbocycles. The van der Waals surface area contributed by atoms with E-state index in [1.807, 2.05) is 6.07 Å². The lowest BCUT2D eigenvalue weighted by atomic mass is 10.0. The zero-order valence-electron chi connectivity index (χ0n) is 11.7. The van der Waals surface area contributed by atoms with E-state index in [0.29, 0.717) is 6.04 Å². The summed E-state index contributed by atoms with van der Waals surface area (Å²) in [7, 11) is 0. The molecule has 0 aromatic heterocycles. The Balaban J connectivity index is 2.51. The highest BCUT2D eigenvalue weighted by Crippen LogP contribution is 2.16. The molecule has 0 aliphatic rings. The second-order valence-electron chi connectivity index (χ2n) is 5.08. The van der Waals surface area contributed by atoms with Gasteiger partial charge in [0.05, 0.1) is 0 Å². The molecule has 18 heavy (non-hydrogen) atoms. The van der Waals surface area contributed by atoms with Crippen molar-refractivity contribution < 1.29 is 4.39 Å². The zero-order chi connectivity index (χ0) is 13.5. The fourth-order valence-electron chi connectivity index (χ4n) is 2.12.